The second kappa shape index (κ2) is 7.32. The van der Waals surface area contributed by atoms with Crippen LogP contribution in [0.15, 0.2) is 56.6 Å². The minimum atomic E-state index is -0.311. The number of aryl methyl sites for hydroxylation is 2. The average Bonchev–Trinajstić information content (AvgIpc) is 3.29. The van der Waals surface area contributed by atoms with Gasteiger partial charge in [0.25, 0.3) is 5.22 Å². The number of thioether (sulfide) groups is 1. The number of rotatable bonds is 5. The van der Waals surface area contributed by atoms with E-state index in [4.69, 9.17) is 8.94 Å². The smallest absolute Gasteiger partial charge is 0.277 e. The third-order valence-corrected chi connectivity index (χ3v) is 4.57. The van der Waals surface area contributed by atoms with E-state index in [2.05, 4.69) is 26.4 Å². The van der Waals surface area contributed by atoms with Crippen molar-refractivity contribution < 1.29 is 13.3 Å². The highest BCUT2D eigenvalue weighted by molar-refractivity contribution is 7.98. The molecule has 0 atom stereocenters. The lowest BCUT2D eigenvalue weighted by molar-refractivity contribution is 0.391. The first kappa shape index (κ1) is 17.4. The molecule has 2 heterocycles. The van der Waals surface area contributed by atoms with Crippen molar-refractivity contribution in [2.24, 2.45) is 0 Å². The second-order valence-electron chi connectivity index (χ2n) is 6.06. The lowest BCUT2D eigenvalue weighted by Gasteiger charge is -1.99. The van der Waals surface area contributed by atoms with Gasteiger partial charge >= 0.3 is 0 Å². The summed E-state index contributed by atoms with van der Waals surface area (Å²) in [4.78, 5) is 4.30. The van der Waals surface area contributed by atoms with Crippen molar-refractivity contribution in [1.29, 1.82) is 0 Å². The SMILES string of the molecule is Cc1cc(C)cc(-c2nnc(SCc3nc(-c4ccc(F)cc4)no3)o2)c1. The summed E-state index contributed by atoms with van der Waals surface area (Å²) in [6.45, 7) is 4.05. The zero-order chi connectivity index (χ0) is 18.8. The molecule has 27 heavy (non-hydrogen) atoms. The quantitative estimate of drug-likeness (QED) is 0.457. The molecule has 0 aliphatic carbocycles. The molecule has 0 saturated heterocycles. The van der Waals surface area contributed by atoms with E-state index in [1.807, 2.05) is 26.0 Å². The Morgan fingerprint density at radius 1 is 0.963 bits per heavy atom. The summed E-state index contributed by atoms with van der Waals surface area (Å²) < 4.78 is 23.9. The van der Waals surface area contributed by atoms with E-state index < -0.39 is 0 Å². The molecule has 0 unspecified atom stereocenters. The Morgan fingerprint density at radius 2 is 1.70 bits per heavy atom. The normalized spacial score (nSPS) is 11.1. The van der Waals surface area contributed by atoms with E-state index in [-0.39, 0.29) is 5.82 Å². The Bertz CT molecular complexity index is 1060. The molecule has 4 aromatic rings. The third-order valence-electron chi connectivity index (χ3n) is 3.76. The summed E-state index contributed by atoms with van der Waals surface area (Å²) in [6, 6.07) is 12.0. The van der Waals surface area contributed by atoms with Gasteiger partial charge in [0.15, 0.2) is 0 Å². The minimum Gasteiger partial charge on any atom is -0.411 e. The fourth-order valence-electron chi connectivity index (χ4n) is 2.64. The van der Waals surface area contributed by atoms with Crippen LogP contribution < -0.4 is 0 Å². The van der Waals surface area contributed by atoms with Gasteiger partial charge in [0.05, 0.1) is 5.75 Å². The van der Waals surface area contributed by atoms with Crippen LogP contribution in [0.5, 0.6) is 0 Å². The largest absolute Gasteiger partial charge is 0.411 e. The van der Waals surface area contributed by atoms with Gasteiger partial charge in [0.2, 0.25) is 17.6 Å². The van der Waals surface area contributed by atoms with Crippen molar-refractivity contribution in [1.82, 2.24) is 20.3 Å². The van der Waals surface area contributed by atoms with Crippen molar-refractivity contribution in [3.63, 3.8) is 0 Å². The minimum absolute atomic E-state index is 0.311. The summed E-state index contributed by atoms with van der Waals surface area (Å²) in [5.74, 6) is 1.39. The van der Waals surface area contributed by atoms with Crippen molar-refractivity contribution in [3.8, 4) is 22.8 Å². The molecule has 2 aromatic heterocycles. The molecule has 2 aromatic carbocycles. The van der Waals surface area contributed by atoms with Crippen LogP contribution in [0.4, 0.5) is 4.39 Å². The number of nitrogens with zero attached hydrogens (tertiary/aromatic N) is 4. The highest BCUT2D eigenvalue weighted by atomic mass is 32.2. The summed E-state index contributed by atoms with van der Waals surface area (Å²) in [5.41, 5.74) is 3.85. The van der Waals surface area contributed by atoms with Gasteiger partial charge < -0.3 is 8.94 Å². The van der Waals surface area contributed by atoms with Crippen LogP contribution >= 0.6 is 11.8 Å². The first-order valence-corrected chi connectivity index (χ1v) is 9.19. The molecule has 0 amide bonds. The van der Waals surface area contributed by atoms with Gasteiger partial charge in [0.1, 0.15) is 5.82 Å². The summed E-state index contributed by atoms with van der Waals surface area (Å²) in [6.07, 6.45) is 0. The second-order valence-corrected chi connectivity index (χ2v) is 6.98. The van der Waals surface area contributed by atoms with Crippen LogP contribution in [0.3, 0.4) is 0 Å². The molecule has 0 fully saturated rings. The molecule has 0 aliphatic heterocycles. The van der Waals surface area contributed by atoms with Crippen LogP contribution in [0.25, 0.3) is 22.8 Å². The highest BCUT2D eigenvalue weighted by Gasteiger charge is 2.13. The fraction of sp³-hybridized carbons (Fsp3) is 0.158. The van der Waals surface area contributed by atoms with Crippen LogP contribution in [0.2, 0.25) is 0 Å². The zero-order valence-electron chi connectivity index (χ0n) is 14.6. The molecule has 0 spiro atoms. The van der Waals surface area contributed by atoms with Crippen molar-refractivity contribution >= 4 is 11.8 Å². The molecule has 0 radical (unpaired) electrons. The van der Waals surface area contributed by atoms with E-state index in [0.717, 1.165) is 16.7 Å². The maximum atomic E-state index is 13.0. The third kappa shape index (κ3) is 4.06. The van der Waals surface area contributed by atoms with Gasteiger partial charge in [-0.05, 0) is 50.2 Å². The van der Waals surface area contributed by atoms with Crippen LogP contribution in [-0.4, -0.2) is 20.3 Å². The van der Waals surface area contributed by atoms with E-state index >= 15 is 0 Å². The molecule has 0 aliphatic rings. The van der Waals surface area contributed by atoms with Crippen molar-refractivity contribution in [2.75, 3.05) is 0 Å². The summed E-state index contributed by atoms with van der Waals surface area (Å²) in [7, 11) is 0. The number of hydrogen-bond acceptors (Lipinski definition) is 7. The van der Waals surface area contributed by atoms with E-state index in [9.17, 15) is 4.39 Å². The first-order valence-electron chi connectivity index (χ1n) is 8.20. The standard InChI is InChI=1S/C19H15FN4O2S/c1-11-7-12(2)9-14(8-11)18-22-23-19(25-18)27-10-16-21-17(24-26-16)13-3-5-15(20)6-4-13/h3-9H,10H2,1-2H3. The molecular formula is C19H15FN4O2S. The molecule has 4 rings (SSSR count). The summed E-state index contributed by atoms with van der Waals surface area (Å²) in [5, 5.41) is 12.5. The van der Waals surface area contributed by atoms with E-state index in [1.54, 1.807) is 12.1 Å². The number of halogens is 1. The van der Waals surface area contributed by atoms with Gasteiger partial charge in [-0.25, -0.2) is 4.39 Å². The lowest BCUT2D eigenvalue weighted by atomic mass is 10.1. The molecular weight excluding hydrogens is 367 g/mol. The van der Waals surface area contributed by atoms with Crippen LogP contribution in [-0.2, 0) is 5.75 Å². The Hall–Kier alpha value is -3.00. The number of aromatic nitrogens is 4. The Balaban J connectivity index is 1.44. The van der Waals surface area contributed by atoms with E-state index in [1.165, 1.54) is 23.9 Å². The Kier molecular flexibility index (Phi) is 4.72. The fourth-order valence-corrected chi connectivity index (χ4v) is 3.24. The van der Waals surface area contributed by atoms with Crippen LogP contribution in [0.1, 0.15) is 17.0 Å². The predicted molar refractivity (Wildman–Crippen MR) is 98.5 cm³/mol. The number of hydrogen-bond donors (Lipinski definition) is 0. The van der Waals surface area contributed by atoms with Gasteiger partial charge in [-0.3, -0.25) is 0 Å². The Labute approximate surface area is 158 Å². The highest BCUT2D eigenvalue weighted by Crippen LogP contribution is 2.27. The van der Waals surface area contributed by atoms with Gasteiger partial charge in [0, 0.05) is 11.1 Å². The molecule has 0 saturated carbocycles. The van der Waals surface area contributed by atoms with Gasteiger partial charge in [-0.1, -0.05) is 34.1 Å². The zero-order valence-corrected chi connectivity index (χ0v) is 15.5. The van der Waals surface area contributed by atoms with E-state index in [0.29, 0.717) is 34.1 Å². The van der Waals surface area contributed by atoms with Gasteiger partial charge in [-0.15, -0.1) is 10.2 Å². The average molecular weight is 382 g/mol. The molecule has 0 bridgehead atoms. The predicted octanol–water partition coefficient (Wildman–Crippen LogP) is 4.83. The lowest BCUT2D eigenvalue weighted by Crippen LogP contribution is -1.83. The topological polar surface area (TPSA) is 77.8 Å². The van der Waals surface area contributed by atoms with Gasteiger partial charge in [-0.2, -0.15) is 4.98 Å². The van der Waals surface area contributed by atoms with Crippen molar-refractivity contribution in [3.05, 3.63) is 65.3 Å². The molecule has 6 nitrogen and oxygen atoms in total. The molecule has 136 valence electrons. The summed E-state index contributed by atoms with van der Waals surface area (Å²) >= 11 is 1.31. The van der Waals surface area contributed by atoms with Crippen LogP contribution in [0, 0.1) is 19.7 Å². The first-order chi connectivity index (χ1) is 13.1. The monoisotopic (exact) mass is 382 g/mol. The molecule has 0 N–H and O–H groups in total. The van der Waals surface area contributed by atoms with Crippen molar-refractivity contribution in [2.45, 2.75) is 24.8 Å². The maximum Gasteiger partial charge on any atom is 0.277 e. The maximum absolute atomic E-state index is 13.0. The Morgan fingerprint density at radius 3 is 2.44 bits per heavy atom. The number of benzene rings is 2. The molecule has 8 heteroatoms.